The van der Waals surface area contributed by atoms with Crippen LogP contribution in [0.5, 0.6) is 0 Å². The Kier molecular flexibility index (Phi) is 4.75. The van der Waals surface area contributed by atoms with E-state index in [2.05, 4.69) is 43.5 Å². The first-order valence-corrected chi connectivity index (χ1v) is 7.99. The van der Waals surface area contributed by atoms with Gasteiger partial charge in [-0.25, -0.2) is 0 Å². The topological polar surface area (TPSA) is 44.4 Å². The van der Waals surface area contributed by atoms with Gasteiger partial charge in [0.1, 0.15) is 0 Å². The maximum Gasteiger partial charge on any atom is 0.227 e. The molecule has 2 N–H and O–H groups in total. The lowest BCUT2D eigenvalue weighted by molar-refractivity contribution is -0.134. The van der Waals surface area contributed by atoms with E-state index in [1.807, 2.05) is 0 Å². The number of carbonyl (C=O) groups is 1. The van der Waals surface area contributed by atoms with Gasteiger partial charge in [-0.2, -0.15) is 0 Å². The van der Waals surface area contributed by atoms with Crippen LogP contribution in [0.2, 0.25) is 0 Å². The first-order chi connectivity index (χ1) is 9.36. The minimum absolute atomic E-state index is 0.117. The second kappa shape index (κ2) is 6.02. The predicted molar refractivity (Wildman–Crippen MR) is 82.6 cm³/mol. The Hall–Kier alpha value is -0.610. The van der Waals surface area contributed by atoms with Crippen molar-refractivity contribution < 1.29 is 4.79 Å². The third kappa shape index (κ3) is 3.34. The molecule has 0 unspecified atom stereocenters. The van der Waals surface area contributed by atoms with E-state index in [-0.39, 0.29) is 10.8 Å². The first-order valence-electron chi connectivity index (χ1n) is 7.99. The van der Waals surface area contributed by atoms with E-state index < -0.39 is 0 Å². The average molecular weight is 281 g/mol. The van der Waals surface area contributed by atoms with Crippen molar-refractivity contribution in [1.29, 1.82) is 0 Å². The fraction of sp³-hybridized carbons (Fsp3) is 0.938. The number of nitrogens with zero attached hydrogens (tertiary/aromatic N) is 1. The minimum atomic E-state index is -0.119. The summed E-state index contributed by atoms with van der Waals surface area (Å²) in [6.45, 7) is 8.08. The summed E-state index contributed by atoms with van der Waals surface area (Å²) in [5.41, 5.74) is -0.00154. The van der Waals surface area contributed by atoms with Crippen LogP contribution in [-0.2, 0) is 4.79 Å². The van der Waals surface area contributed by atoms with Gasteiger partial charge in [-0.1, -0.05) is 26.7 Å². The molecule has 0 aromatic heterocycles. The molecular formula is C16H31N3O. The zero-order chi connectivity index (χ0) is 14.8. The molecule has 2 atom stereocenters. The number of rotatable bonds is 5. The summed E-state index contributed by atoms with van der Waals surface area (Å²) in [5.74, 6) is 0.840. The fourth-order valence-electron chi connectivity index (χ4n) is 4.10. The van der Waals surface area contributed by atoms with Gasteiger partial charge in [0.05, 0.1) is 5.41 Å². The third-order valence-corrected chi connectivity index (χ3v) is 4.96. The van der Waals surface area contributed by atoms with Crippen LogP contribution in [0.25, 0.3) is 0 Å². The highest BCUT2D eigenvalue weighted by atomic mass is 16.2. The van der Waals surface area contributed by atoms with E-state index in [0.29, 0.717) is 11.8 Å². The van der Waals surface area contributed by atoms with Gasteiger partial charge in [0.25, 0.3) is 0 Å². The summed E-state index contributed by atoms with van der Waals surface area (Å²) in [5, 5.41) is 6.70. The molecule has 4 nitrogen and oxygen atoms in total. The second-order valence-electron chi connectivity index (χ2n) is 7.81. The zero-order valence-electron chi connectivity index (χ0n) is 13.6. The molecule has 0 radical (unpaired) electrons. The number of fused-ring (bicyclic) bond motifs is 1. The molecule has 1 saturated heterocycles. The lowest BCUT2D eigenvalue weighted by Crippen LogP contribution is -2.50. The molecule has 1 saturated carbocycles. The van der Waals surface area contributed by atoms with Crippen molar-refractivity contribution in [2.75, 3.05) is 40.3 Å². The van der Waals surface area contributed by atoms with Crippen LogP contribution in [0.15, 0.2) is 0 Å². The van der Waals surface area contributed by atoms with Crippen LogP contribution in [0.4, 0.5) is 0 Å². The van der Waals surface area contributed by atoms with Gasteiger partial charge in [-0.05, 0) is 44.8 Å². The summed E-state index contributed by atoms with van der Waals surface area (Å²) in [6, 6.07) is 0. The van der Waals surface area contributed by atoms with Crippen molar-refractivity contribution in [2.24, 2.45) is 16.7 Å². The van der Waals surface area contributed by atoms with Crippen LogP contribution < -0.4 is 10.6 Å². The Morgan fingerprint density at radius 1 is 1.40 bits per heavy atom. The van der Waals surface area contributed by atoms with Crippen LogP contribution in [-0.4, -0.2) is 51.1 Å². The molecule has 2 aliphatic rings. The zero-order valence-corrected chi connectivity index (χ0v) is 13.6. The van der Waals surface area contributed by atoms with Crippen molar-refractivity contribution in [3.8, 4) is 0 Å². The van der Waals surface area contributed by atoms with Crippen molar-refractivity contribution in [3.63, 3.8) is 0 Å². The van der Waals surface area contributed by atoms with Crippen molar-refractivity contribution in [3.05, 3.63) is 0 Å². The highest BCUT2D eigenvalue weighted by molar-refractivity contribution is 5.84. The summed E-state index contributed by atoms with van der Waals surface area (Å²) in [6.07, 6.45) is 4.76. The quantitative estimate of drug-likeness (QED) is 0.802. The second-order valence-corrected chi connectivity index (χ2v) is 7.81. The first kappa shape index (κ1) is 15.8. The molecule has 0 aromatic carbocycles. The van der Waals surface area contributed by atoms with Gasteiger partial charge in [0.15, 0.2) is 0 Å². The molecule has 116 valence electrons. The van der Waals surface area contributed by atoms with Gasteiger partial charge in [0, 0.05) is 19.6 Å². The molecule has 20 heavy (non-hydrogen) atoms. The van der Waals surface area contributed by atoms with Gasteiger partial charge in [0.2, 0.25) is 5.91 Å². The standard InChI is InChI=1S/C16H31N3O/c1-15(2,12-19(3)4)10-18-14(20)16-8-6-5-7-13(16)9-17-11-16/h13,17H,5-12H2,1-4H3,(H,18,20)/t13-,16+/m0/s1. The summed E-state index contributed by atoms with van der Waals surface area (Å²) < 4.78 is 0. The van der Waals surface area contributed by atoms with E-state index in [1.165, 1.54) is 19.3 Å². The predicted octanol–water partition coefficient (Wildman–Crippen LogP) is 1.47. The van der Waals surface area contributed by atoms with E-state index in [9.17, 15) is 4.79 Å². The van der Waals surface area contributed by atoms with Gasteiger partial charge in [-0.3, -0.25) is 4.79 Å². The van der Waals surface area contributed by atoms with E-state index in [1.54, 1.807) is 0 Å². The summed E-state index contributed by atoms with van der Waals surface area (Å²) in [7, 11) is 4.17. The lowest BCUT2D eigenvalue weighted by Gasteiger charge is -2.38. The molecule has 2 rings (SSSR count). The molecule has 1 aliphatic carbocycles. The highest BCUT2D eigenvalue weighted by Crippen LogP contribution is 2.43. The molecule has 1 aliphatic heterocycles. The van der Waals surface area contributed by atoms with Crippen LogP contribution in [0.1, 0.15) is 39.5 Å². The van der Waals surface area contributed by atoms with Crippen LogP contribution in [0.3, 0.4) is 0 Å². The maximum absolute atomic E-state index is 12.8. The Bertz CT molecular complexity index is 354. The number of nitrogens with one attached hydrogen (secondary N) is 2. The van der Waals surface area contributed by atoms with Crippen LogP contribution >= 0.6 is 0 Å². The van der Waals surface area contributed by atoms with Crippen molar-refractivity contribution >= 4 is 5.91 Å². The Labute approximate surface area is 123 Å². The number of amides is 1. The van der Waals surface area contributed by atoms with Gasteiger partial charge in [-0.15, -0.1) is 0 Å². The number of carbonyl (C=O) groups excluding carboxylic acids is 1. The summed E-state index contributed by atoms with van der Waals surface area (Å²) >= 11 is 0. The molecule has 0 bridgehead atoms. The molecule has 4 heteroatoms. The normalized spacial score (nSPS) is 30.4. The molecular weight excluding hydrogens is 250 g/mol. The Morgan fingerprint density at radius 2 is 2.15 bits per heavy atom. The van der Waals surface area contributed by atoms with Crippen molar-refractivity contribution in [1.82, 2.24) is 15.5 Å². The smallest absolute Gasteiger partial charge is 0.227 e. The molecule has 1 heterocycles. The number of hydrogen-bond acceptors (Lipinski definition) is 3. The molecule has 1 amide bonds. The molecule has 0 aromatic rings. The highest BCUT2D eigenvalue weighted by Gasteiger charge is 2.49. The van der Waals surface area contributed by atoms with Crippen molar-refractivity contribution in [2.45, 2.75) is 39.5 Å². The Balaban J connectivity index is 1.94. The third-order valence-electron chi connectivity index (χ3n) is 4.96. The lowest BCUT2D eigenvalue weighted by atomic mass is 9.67. The Morgan fingerprint density at radius 3 is 2.85 bits per heavy atom. The van der Waals surface area contributed by atoms with Crippen LogP contribution in [0, 0.1) is 16.7 Å². The maximum atomic E-state index is 12.8. The minimum Gasteiger partial charge on any atom is -0.355 e. The fourth-order valence-corrected chi connectivity index (χ4v) is 4.10. The van der Waals surface area contributed by atoms with E-state index >= 15 is 0 Å². The largest absolute Gasteiger partial charge is 0.355 e. The number of hydrogen-bond donors (Lipinski definition) is 2. The molecule has 0 spiro atoms. The average Bonchev–Trinajstić information content (AvgIpc) is 2.79. The monoisotopic (exact) mass is 281 g/mol. The molecule has 2 fully saturated rings. The van der Waals surface area contributed by atoms with E-state index in [0.717, 1.165) is 32.6 Å². The SMILES string of the molecule is CN(C)CC(C)(C)CNC(=O)[C@@]12CCCC[C@H]1CNC2. The summed E-state index contributed by atoms with van der Waals surface area (Å²) in [4.78, 5) is 15.0. The van der Waals surface area contributed by atoms with Gasteiger partial charge >= 0.3 is 0 Å². The van der Waals surface area contributed by atoms with Gasteiger partial charge < -0.3 is 15.5 Å². The van der Waals surface area contributed by atoms with E-state index in [4.69, 9.17) is 0 Å².